The number of halogens is 1. The summed E-state index contributed by atoms with van der Waals surface area (Å²) in [6.07, 6.45) is 0. The molecule has 2 amide bonds. The molecule has 1 aliphatic rings. The molecule has 0 aromatic heterocycles. The summed E-state index contributed by atoms with van der Waals surface area (Å²) in [5.74, 6) is -0.229. The largest absolute Gasteiger partial charge is 0.344 e. The summed E-state index contributed by atoms with van der Waals surface area (Å²) in [4.78, 5) is 30.3. The van der Waals surface area contributed by atoms with E-state index in [1.807, 2.05) is 17.0 Å². The molecule has 0 saturated carbocycles. The lowest BCUT2D eigenvalue weighted by molar-refractivity contribution is -0.137. The lowest BCUT2D eigenvalue weighted by Crippen LogP contribution is -2.56. The molecule has 1 fully saturated rings. The van der Waals surface area contributed by atoms with Crippen LogP contribution in [-0.4, -0.2) is 59.6 Å². The zero-order valence-corrected chi connectivity index (χ0v) is 20.6. The Hall–Kier alpha value is -3.16. The SMILES string of the molecule is CC(=O)NC(CSc1ccc(F)cc1)C(=O)N1CCN(C(c2ccccc2)c2ccccc2)CC1. The molecule has 3 aromatic rings. The van der Waals surface area contributed by atoms with Gasteiger partial charge in [-0.05, 0) is 35.4 Å². The number of nitrogens with one attached hydrogen (secondary N) is 1. The first-order valence-electron chi connectivity index (χ1n) is 11.8. The van der Waals surface area contributed by atoms with Crippen LogP contribution < -0.4 is 5.32 Å². The Morgan fingerprint density at radius 2 is 1.40 bits per heavy atom. The van der Waals surface area contributed by atoms with Crippen molar-refractivity contribution in [1.29, 1.82) is 0 Å². The van der Waals surface area contributed by atoms with Crippen LogP contribution in [0.1, 0.15) is 24.1 Å². The fourth-order valence-corrected chi connectivity index (χ4v) is 5.35. The van der Waals surface area contributed by atoms with Crippen LogP contribution in [0.2, 0.25) is 0 Å². The van der Waals surface area contributed by atoms with Gasteiger partial charge in [0.15, 0.2) is 0 Å². The fraction of sp³-hybridized carbons (Fsp3) is 0.286. The molecule has 1 N–H and O–H groups in total. The van der Waals surface area contributed by atoms with Gasteiger partial charge < -0.3 is 10.2 Å². The molecule has 1 unspecified atom stereocenters. The molecule has 7 heteroatoms. The average molecular weight is 492 g/mol. The number of carbonyl (C=O) groups is 2. The lowest BCUT2D eigenvalue weighted by Gasteiger charge is -2.40. The second-order valence-electron chi connectivity index (χ2n) is 8.60. The highest BCUT2D eigenvalue weighted by atomic mass is 32.2. The van der Waals surface area contributed by atoms with Crippen molar-refractivity contribution in [2.45, 2.75) is 23.9 Å². The summed E-state index contributed by atoms with van der Waals surface area (Å²) in [6, 6.07) is 26.5. The van der Waals surface area contributed by atoms with Crippen LogP contribution in [0, 0.1) is 5.82 Å². The summed E-state index contributed by atoms with van der Waals surface area (Å²) in [6.45, 7) is 4.07. The van der Waals surface area contributed by atoms with Crippen molar-refractivity contribution in [3.63, 3.8) is 0 Å². The predicted molar refractivity (Wildman–Crippen MR) is 138 cm³/mol. The van der Waals surface area contributed by atoms with Crippen molar-refractivity contribution in [2.75, 3.05) is 31.9 Å². The van der Waals surface area contributed by atoms with Gasteiger partial charge in [-0.1, -0.05) is 60.7 Å². The zero-order chi connectivity index (χ0) is 24.6. The lowest BCUT2D eigenvalue weighted by atomic mass is 9.96. The van der Waals surface area contributed by atoms with Gasteiger partial charge >= 0.3 is 0 Å². The van der Waals surface area contributed by atoms with Crippen LogP contribution in [0.25, 0.3) is 0 Å². The van der Waals surface area contributed by atoms with Crippen molar-refractivity contribution in [3.8, 4) is 0 Å². The Morgan fingerprint density at radius 3 is 1.91 bits per heavy atom. The third-order valence-corrected chi connectivity index (χ3v) is 7.23. The van der Waals surface area contributed by atoms with Gasteiger partial charge in [-0.25, -0.2) is 4.39 Å². The number of carbonyl (C=O) groups excluding carboxylic acids is 2. The molecule has 0 bridgehead atoms. The molecule has 5 nitrogen and oxygen atoms in total. The van der Waals surface area contributed by atoms with Crippen molar-refractivity contribution in [2.24, 2.45) is 0 Å². The first-order chi connectivity index (χ1) is 17.0. The summed E-state index contributed by atoms with van der Waals surface area (Å²) >= 11 is 1.43. The summed E-state index contributed by atoms with van der Waals surface area (Å²) in [5.41, 5.74) is 2.45. The molecule has 0 aliphatic carbocycles. The van der Waals surface area contributed by atoms with Gasteiger partial charge in [0, 0.05) is 43.8 Å². The maximum atomic E-state index is 13.3. The molecule has 3 aromatic carbocycles. The van der Waals surface area contributed by atoms with Crippen LogP contribution in [0.15, 0.2) is 89.8 Å². The quantitative estimate of drug-likeness (QED) is 0.476. The number of hydrogen-bond donors (Lipinski definition) is 1. The molecule has 0 radical (unpaired) electrons. The van der Waals surface area contributed by atoms with Crippen LogP contribution in [-0.2, 0) is 9.59 Å². The topological polar surface area (TPSA) is 52.7 Å². The van der Waals surface area contributed by atoms with Gasteiger partial charge in [0.2, 0.25) is 11.8 Å². The van der Waals surface area contributed by atoms with Crippen molar-refractivity contribution in [3.05, 3.63) is 102 Å². The highest BCUT2D eigenvalue weighted by Gasteiger charge is 2.31. The maximum Gasteiger partial charge on any atom is 0.246 e. The van der Waals surface area contributed by atoms with E-state index in [1.54, 1.807) is 12.1 Å². The smallest absolute Gasteiger partial charge is 0.246 e. The van der Waals surface area contributed by atoms with E-state index >= 15 is 0 Å². The Morgan fingerprint density at radius 1 is 0.857 bits per heavy atom. The minimum Gasteiger partial charge on any atom is -0.344 e. The Kier molecular flexibility index (Phi) is 8.55. The van der Waals surface area contributed by atoms with Gasteiger partial charge in [-0.15, -0.1) is 11.8 Å². The Balaban J connectivity index is 1.42. The molecule has 35 heavy (non-hydrogen) atoms. The molecule has 1 aliphatic heterocycles. The molecule has 0 spiro atoms. The van der Waals surface area contributed by atoms with E-state index in [4.69, 9.17) is 0 Å². The molecular weight excluding hydrogens is 461 g/mol. The number of rotatable bonds is 8. The highest BCUT2D eigenvalue weighted by molar-refractivity contribution is 7.99. The normalized spacial score (nSPS) is 15.1. The van der Waals surface area contributed by atoms with Crippen LogP contribution in [0.5, 0.6) is 0 Å². The Bertz CT molecular complexity index is 1060. The van der Waals surface area contributed by atoms with E-state index < -0.39 is 6.04 Å². The average Bonchev–Trinajstić information content (AvgIpc) is 2.89. The number of piperazine rings is 1. The molecular formula is C28H30FN3O2S. The number of amides is 2. The highest BCUT2D eigenvalue weighted by Crippen LogP contribution is 2.29. The first kappa shape index (κ1) is 24.9. The standard InChI is InChI=1S/C28H30FN3O2S/c1-21(33)30-26(20-35-25-14-12-24(29)13-15-25)28(34)32-18-16-31(17-19-32)27(22-8-4-2-5-9-22)23-10-6-3-7-11-23/h2-15,26-27H,16-20H2,1H3,(H,30,33). The zero-order valence-electron chi connectivity index (χ0n) is 19.8. The third kappa shape index (κ3) is 6.71. The molecule has 1 saturated heterocycles. The van der Waals surface area contributed by atoms with Gasteiger partial charge in [0.1, 0.15) is 11.9 Å². The third-order valence-electron chi connectivity index (χ3n) is 6.13. The number of nitrogens with zero attached hydrogens (tertiary/aromatic N) is 2. The van der Waals surface area contributed by atoms with E-state index in [2.05, 4.69) is 58.7 Å². The summed E-state index contributed by atoms with van der Waals surface area (Å²) in [5, 5.41) is 2.81. The first-order valence-corrected chi connectivity index (χ1v) is 12.8. The van der Waals surface area contributed by atoms with Crippen molar-refractivity contribution < 1.29 is 14.0 Å². The van der Waals surface area contributed by atoms with E-state index in [0.29, 0.717) is 18.8 Å². The van der Waals surface area contributed by atoms with Crippen LogP contribution in [0.4, 0.5) is 4.39 Å². The van der Waals surface area contributed by atoms with E-state index in [1.165, 1.54) is 41.9 Å². The molecule has 1 atom stereocenters. The van der Waals surface area contributed by atoms with E-state index in [9.17, 15) is 14.0 Å². The van der Waals surface area contributed by atoms with Gasteiger partial charge in [-0.3, -0.25) is 14.5 Å². The van der Waals surface area contributed by atoms with Crippen LogP contribution in [0.3, 0.4) is 0 Å². The fourth-order valence-electron chi connectivity index (χ4n) is 4.44. The number of hydrogen-bond acceptors (Lipinski definition) is 4. The summed E-state index contributed by atoms with van der Waals surface area (Å²) < 4.78 is 13.2. The minimum atomic E-state index is -0.631. The predicted octanol–water partition coefficient (Wildman–Crippen LogP) is 4.36. The molecule has 1 heterocycles. The Labute approximate surface area is 210 Å². The number of thioether (sulfide) groups is 1. The van der Waals surface area contributed by atoms with E-state index in [0.717, 1.165) is 18.0 Å². The molecule has 4 rings (SSSR count). The van der Waals surface area contributed by atoms with Crippen LogP contribution >= 0.6 is 11.8 Å². The van der Waals surface area contributed by atoms with Gasteiger partial charge in [0.05, 0.1) is 6.04 Å². The maximum absolute atomic E-state index is 13.3. The molecule has 182 valence electrons. The van der Waals surface area contributed by atoms with E-state index in [-0.39, 0.29) is 23.7 Å². The monoisotopic (exact) mass is 491 g/mol. The summed E-state index contributed by atoms with van der Waals surface area (Å²) in [7, 11) is 0. The van der Waals surface area contributed by atoms with Gasteiger partial charge in [0.25, 0.3) is 0 Å². The second kappa shape index (κ2) is 12.0. The number of benzene rings is 3. The van der Waals surface area contributed by atoms with Crippen molar-refractivity contribution in [1.82, 2.24) is 15.1 Å². The van der Waals surface area contributed by atoms with Crippen molar-refractivity contribution >= 4 is 23.6 Å². The van der Waals surface area contributed by atoms with Gasteiger partial charge in [-0.2, -0.15) is 0 Å². The minimum absolute atomic E-state index is 0.0783. The second-order valence-corrected chi connectivity index (χ2v) is 9.70.